The van der Waals surface area contributed by atoms with E-state index in [9.17, 15) is 4.79 Å². The Bertz CT molecular complexity index is 864. The van der Waals surface area contributed by atoms with Gasteiger partial charge in [-0.25, -0.2) is 0 Å². The van der Waals surface area contributed by atoms with Gasteiger partial charge in [0, 0.05) is 23.6 Å². The third-order valence-electron chi connectivity index (χ3n) is 4.18. The molecule has 1 aromatic heterocycles. The van der Waals surface area contributed by atoms with Crippen molar-refractivity contribution in [3.8, 4) is 0 Å². The standard InChI is InChI=1S/C23H22NO/c1-2-19-10-12-22(13-11-19)23(25)14-16-24-15-6-9-21(18-24)17-20-7-4-3-5-8-20/h3-16,18H,2,17H2,1H3/q+1. The Morgan fingerprint density at radius 1 is 0.880 bits per heavy atom. The van der Waals surface area contributed by atoms with Gasteiger partial charge >= 0.3 is 0 Å². The second kappa shape index (κ2) is 8.20. The zero-order valence-electron chi connectivity index (χ0n) is 14.4. The fourth-order valence-electron chi connectivity index (χ4n) is 2.73. The first-order valence-electron chi connectivity index (χ1n) is 8.59. The molecule has 0 fully saturated rings. The van der Waals surface area contributed by atoms with Crippen molar-refractivity contribution in [3.05, 3.63) is 107 Å². The van der Waals surface area contributed by atoms with Crippen molar-refractivity contribution in [3.63, 3.8) is 0 Å². The summed E-state index contributed by atoms with van der Waals surface area (Å²) in [5.74, 6) is 0.0172. The van der Waals surface area contributed by atoms with E-state index in [-0.39, 0.29) is 5.78 Å². The van der Waals surface area contributed by atoms with E-state index < -0.39 is 0 Å². The van der Waals surface area contributed by atoms with Crippen LogP contribution in [0.2, 0.25) is 0 Å². The molecule has 2 heteroatoms. The highest BCUT2D eigenvalue weighted by molar-refractivity contribution is 6.05. The highest BCUT2D eigenvalue weighted by atomic mass is 16.1. The minimum absolute atomic E-state index is 0.0172. The summed E-state index contributed by atoms with van der Waals surface area (Å²) >= 11 is 0. The second-order valence-electron chi connectivity index (χ2n) is 6.05. The van der Waals surface area contributed by atoms with E-state index >= 15 is 0 Å². The lowest BCUT2D eigenvalue weighted by atomic mass is 10.1. The number of allylic oxidation sites excluding steroid dienone is 1. The Morgan fingerprint density at radius 2 is 1.60 bits per heavy atom. The van der Waals surface area contributed by atoms with Crippen LogP contribution in [0, 0.1) is 0 Å². The van der Waals surface area contributed by atoms with E-state index in [1.165, 1.54) is 16.7 Å². The molecule has 0 aliphatic heterocycles. The molecule has 2 aromatic carbocycles. The topological polar surface area (TPSA) is 20.9 Å². The number of pyridine rings is 1. The van der Waals surface area contributed by atoms with Crippen LogP contribution in [-0.4, -0.2) is 5.78 Å². The van der Waals surface area contributed by atoms with Crippen molar-refractivity contribution in [2.24, 2.45) is 0 Å². The van der Waals surface area contributed by atoms with Crippen LogP contribution in [0.15, 0.2) is 85.2 Å². The van der Waals surface area contributed by atoms with Crippen molar-refractivity contribution in [2.45, 2.75) is 19.8 Å². The quantitative estimate of drug-likeness (QED) is 0.371. The lowest BCUT2D eigenvalue weighted by Gasteiger charge is -2.00. The molecule has 0 saturated carbocycles. The van der Waals surface area contributed by atoms with Crippen molar-refractivity contribution in [1.29, 1.82) is 0 Å². The summed E-state index contributed by atoms with van der Waals surface area (Å²) in [5, 5.41) is 0. The first-order valence-corrected chi connectivity index (χ1v) is 8.59. The maximum absolute atomic E-state index is 12.3. The fraction of sp³-hybridized carbons (Fsp3) is 0.130. The average molecular weight is 328 g/mol. The predicted molar refractivity (Wildman–Crippen MR) is 101 cm³/mol. The lowest BCUT2D eigenvalue weighted by molar-refractivity contribution is -0.568. The number of ketones is 1. The van der Waals surface area contributed by atoms with E-state index in [1.807, 2.05) is 53.4 Å². The SMILES string of the molecule is CCc1ccc(C(=O)C=C[n+]2cccc(Cc3ccccc3)c2)cc1. The zero-order valence-corrected chi connectivity index (χ0v) is 14.4. The summed E-state index contributed by atoms with van der Waals surface area (Å²) in [7, 11) is 0. The molecule has 3 aromatic rings. The molecule has 0 saturated heterocycles. The number of carbonyl (C=O) groups is 1. The summed E-state index contributed by atoms with van der Waals surface area (Å²) in [5.41, 5.74) is 4.44. The normalized spacial score (nSPS) is 10.9. The summed E-state index contributed by atoms with van der Waals surface area (Å²) in [6.45, 7) is 2.11. The number of carbonyl (C=O) groups excluding carboxylic acids is 1. The smallest absolute Gasteiger partial charge is 0.191 e. The third-order valence-corrected chi connectivity index (χ3v) is 4.18. The van der Waals surface area contributed by atoms with Gasteiger partial charge in [-0.15, -0.1) is 0 Å². The van der Waals surface area contributed by atoms with Crippen molar-refractivity contribution in [1.82, 2.24) is 0 Å². The monoisotopic (exact) mass is 328 g/mol. The van der Waals surface area contributed by atoms with Gasteiger partial charge in [0.1, 0.15) is 0 Å². The molecule has 1 heterocycles. The second-order valence-corrected chi connectivity index (χ2v) is 6.05. The highest BCUT2D eigenvalue weighted by Crippen LogP contribution is 2.08. The summed E-state index contributed by atoms with van der Waals surface area (Å²) < 4.78 is 1.93. The molecule has 0 amide bonds. The van der Waals surface area contributed by atoms with E-state index in [1.54, 1.807) is 6.08 Å². The Morgan fingerprint density at radius 3 is 2.32 bits per heavy atom. The summed E-state index contributed by atoms with van der Waals surface area (Å²) in [6.07, 6.45) is 9.28. The van der Waals surface area contributed by atoms with Gasteiger partial charge in [0.05, 0.1) is 6.08 Å². The van der Waals surface area contributed by atoms with Gasteiger partial charge in [-0.05, 0) is 23.6 Å². The molecular weight excluding hydrogens is 306 g/mol. The van der Waals surface area contributed by atoms with E-state index in [0.29, 0.717) is 0 Å². The van der Waals surface area contributed by atoms with Crippen LogP contribution in [0.25, 0.3) is 6.20 Å². The van der Waals surface area contributed by atoms with Gasteiger partial charge < -0.3 is 0 Å². The minimum atomic E-state index is 0.0172. The number of nitrogens with zero attached hydrogens (tertiary/aromatic N) is 1. The predicted octanol–water partition coefficient (Wildman–Crippen LogP) is 4.48. The fourth-order valence-corrected chi connectivity index (χ4v) is 2.73. The van der Waals surface area contributed by atoms with Gasteiger partial charge in [0.15, 0.2) is 24.4 Å². The highest BCUT2D eigenvalue weighted by Gasteiger charge is 2.05. The minimum Gasteiger partial charge on any atom is -0.289 e. The number of rotatable bonds is 6. The maximum atomic E-state index is 12.3. The Hall–Kier alpha value is -3.00. The number of hydrogen-bond acceptors (Lipinski definition) is 1. The average Bonchev–Trinajstić information content (AvgIpc) is 2.67. The number of hydrogen-bond donors (Lipinski definition) is 0. The Kier molecular flexibility index (Phi) is 5.53. The molecule has 0 aliphatic carbocycles. The molecule has 2 nitrogen and oxygen atoms in total. The summed E-state index contributed by atoms with van der Waals surface area (Å²) in [4.78, 5) is 12.3. The number of benzene rings is 2. The third kappa shape index (κ3) is 4.74. The van der Waals surface area contributed by atoms with Crippen LogP contribution in [0.3, 0.4) is 0 Å². The Balaban J connectivity index is 1.70. The lowest BCUT2D eigenvalue weighted by Crippen LogP contribution is -2.25. The van der Waals surface area contributed by atoms with Gasteiger partial charge in [0.25, 0.3) is 0 Å². The molecule has 124 valence electrons. The largest absolute Gasteiger partial charge is 0.289 e. The zero-order chi connectivity index (χ0) is 17.5. The van der Waals surface area contributed by atoms with Crippen molar-refractivity contribution < 1.29 is 9.36 Å². The molecule has 0 unspecified atom stereocenters. The Labute approximate surface area is 149 Å². The van der Waals surface area contributed by atoms with Crippen molar-refractivity contribution in [2.75, 3.05) is 0 Å². The molecular formula is C23H22NO+. The summed E-state index contributed by atoms with van der Waals surface area (Å²) in [6, 6.07) is 22.3. The van der Waals surface area contributed by atoms with Gasteiger partial charge in [-0.3, -0.25) is 4.79 Å². The first kappa shape index (κ1) is 16.8. The van der Waals surface area contributed by atoms with Gasteiger partial charge in [-0.2, -0.15) is 4.57 Å². The van der Waals surface area contributed by atoms with Gasteiger partial charge in [-0.1, -0.05) is 61.5 Å². The van der Waals surface area contributed by atoms with Crippen LogP contribution < -0.4 is 4.57 Å². The molecule has 0 aliphatic rings. The van der Waals surface area contributed by atoms with E-state index in [4.69, 9.17) is 0 Å². The molecule has 0 bridgehead atoms. The van der Waals surface area contributed by atoms with Crippen LogP contribution in [-0.2, 0) is 12.8 Å². The van der Waals surface area contributed by atoms with Crippen LogP contribution in [0.5, 0.6) is 0 Å². The molecule has 0 N–H and O–H groups in total. The van der Waals surface area contributed by atoms with Gasteiger partial charge in [0.2, 0.25) is 0 Å². The van der Waals surface area contributed by atoms with E-state index in [0.717, 1.165) is 18.4 Å². The first-order chi connectivity index (χ1) is 12.2. The number of aryl methyl sites for hydroxylation is 1. The molecule has 3 rings (SSSR count). The van der Waals surface area contributed by atoms with E-state index in [2.05, 4.69) is 43.5 Å². The molecule has 25 heavy (non-hydrogen) atoms. The van der Waals surface area contributed by atoms with Crippen LogP contribution >= 0.6 is 0 Å². The number of aromatic nitrogens is 1. The van der Waals surface area contributed by atoms with Crippen molar-refractivity contribution >= 4 is 12.0 Å². The van der Waals surface area contributed by atoms with Crippen LogP contribution in [0.4, 0.5) is 0 Å². The molecule has 0 spiro atoms. The van der Waals surface area contributed by atoms with Crippen LogP contribution in [0.1, 0.15) is 34.0 Å². The molecule has 0 atom stereocenters. The molecule has 0 radical (unpaired) electrons. The maximum Gasteiger partial charge on any atom is 0.191 e.